The van der Waals surface area contributed by atoms with Crippen LogP contribution in [0.5, 0.6) is 0 Å². The highest BCUT2D eigenvalue weighted by Crippen LogP contribution is 2.17. The van der Waals surface area contributed by atoms with Crippen LogP contribution < -0.4 is 11.1 Å². The van der Waals surface area contributed by atoms with Gasteiger partial charge in [0, 0.05) is 12.7 Å². The highest BCUT2D eigenvalue weighted by Gasteiger charge is 2.27. The van der Waals surface area contributed by atoms with Gasteiger partial charge in [-0.25, -0.2) is 13.4 Å². The number of nitrogens with one attached hydrogen (secondary N) is 1. The summed E-state index contributed by atoms with van der Waals surface area (Å²) in [5.74, 6) is 0.491. The van der Waals surface area contributed by atoms with Crippen LogP contribution in [0, 0.1) is 5.92 Å². The van der Waals surface area contributed by atoms with Crippen molar-refractivity contribution in [1.82, 2.24) is 10.3 Å². The van der Waals surface area contributed by atoms with Gasteiger partial charge in [-0.15, -0.1) is 0 Å². The Morgan fingerprint density at radius 1 is 1.50 bits per heavy atom. The molecule has 1 aromatic heterocycles. The van der Waals surface area contributed by atoms with E-state index >= 15 is 0 Å². The van der Waals surface area contributed by atoms with Gasteiger partial charge >= 0.3 is 0 Å². The van der Waals surface area contributed by atoms with Crippen molar-refractivity contribution in [2.24, 2.45) is 5.92 Å². The Morgan fingerprint density at radius 2 is 2.28 bits per heavy atom. The summed E-state index contributed by atoms with van der Waals surface area (Å²) >= 11 is 0. The third-order valence-corrected chi connectivity index (χ3v) is 4.76. The summed E-state index contributed by atoms with van der Waals surface area (Å²) in [7, 11) is -2.89. The molecule has 3 N–H and O–H groups in total. The number of aromatic nitrogens is 1. The summed E-state index contributed by atoms with van der Waals surface area (Å²) in [5.41, 5.74) is 5.84. The van der Waals surface area contributed by atoms with Crippen molar-refractivity contribution in [2.45, 2.75) is 6.42 Å². The third kappa shape index (κ3) is 3.19. The van der Waals surface area contributed by atoms with Crippen LogP contribution in [0.25, 0.3) is 0 Å². The first-order valence-electron chi connectivity index (χ1n) is 5.66. The molecule has 1 aliphatic rings. The Balaban J connectivity index is 1.87. The van der Waals surface area contributed by atoms with Gasteiger partial charge in [-0.2, -0.15) is 0 Å². The van der Waals surface area contributed by atoms with E-state index in [9.17, 15) is 13.2 Å². The number of hydrogen-bond acceptors (Lipinski definition) is 5. The molecule has 1 saturated heterocycles. The summed E-state index contributed by atoms with van der Waals surface area (Å²) < 4.78 is 22.5. The fraction of sp³-hybridized carbons (Fsp3) is 0.455. The molecule has 18 heavy (non-hydrogen) atoms. The zero-order chi connectivity index (χ0) is 13.2. The molecule has 0 spiro atoms. The molecule has 6 nitrogen and oxygen atoms in total. The van der Waals surface area contributed by atoms with Crippen LogP contribution in [-0.2, 0) is 9.84 Å². The summed E-state index contributed by atoms with van der Waals surface area (Å²) in [6.45, 7) is 0.377. The minimum absolute atomic E-state index is 0.0145. The van der Waals surface area contributed by atoms with Gasteiger partial charge in [-0.05, 0) is 24.5 Å². The van der Waals surface area contributed by atoms with Crippen LogP contribution in [0.3, 0.4) is 0 Å². The van der Waals surface area contributed by atoms with Gasteiger partial charge in [0.1, 0.15) is 5.82 Å². The molecule has 1 fully saturated rings. The normalized spacial score (nSPS) is 21.7. The molecule has 2 heterocycles. The fourth-order valence-electron chi connectivity index (χ4n) is 1.91. The number of sulfone groups is 1. The number of amides is 1. The second kappa shape index (κ2) is 4.93. The summed E-state index contributed by atoms with van der Waals surface area (Å²) in [6, 6.07) is 3.14. The molecule has 0 saturated carbocycles. The highest BCUT2D eigenvalue weighted by molar-refractivity contribution is 7.91. The number of nitrogens with zero attached hydrogens (tertiary/aromatic N) is 1. The zero-order valence-corrected chi connectivity index (χ0v) is 10.6. The van der Waals surface area contributed by atoms with Gasteiger partial charge in [-0.1, -0.05) is 0 Å². The maximum absolute atomic E-state index is 11.7. The van der Waals surface area contributed by atoms with E-state index in [0.29, 0.717) is 24.3 Å². The van der Waals surface area contributed by atoms with Crippen molar-refractivity contribution in [3.05, 3.63) is 23.9 Å². The van der Waals surface area contributed by atoms with Gasteiger partial charge < -0.3 is 11.1 Å². The molecule has 1 amide bonds. The molecule has 0 aromatic carbocycles. The lowest BCUT2D eigenvalue weighted by molar-refractivity contribution is 0.0948. The van der Waals surface area contributed by atoms with Crippen molar-refractivity contribution in [3.8, 4) is 0 Å². The second-order valence-corrected chi connectivity index (χ2v) is 6.68. The first kappa shape index (κ1) is 12.8. The van der Waals surface area contributed by atoms with Gasteiger partial charge in [0.2, 0.25) is 0 Å². The van der Waals surface area contributed by atoms with E-state index in [1.54, 1.807) is 12.1 Å². The summed E-state index contributed by atoms with van der Waals surface area (Å²) in [4.78, 5) is 15.6. The van der Waals surface area contributed by atoms with E-state index in [1.807, 2.05) is 0 Å². The van der Waals surface area contributed by atoms with Crippen molar-refractivity contribution >= 4 is 21.6 Å². The number of carbonyl (C=O) groups excluding carboxylic acids is 1. The molecule has 1 atom stereocenters. The first-order chi connectivity index (χ1) is 8.46. The van der Waals surface area contributed by atoms with E-state index in [-0.39, 0.29) is 23.3 Å². The Morgan fingerprint density at radius 3 is 2.83 bits per heavy atom. The minimum Gasteiger partial charge on any atom is -0.384 e. The molecule has 0 aliphatic carbocycles. The van der Waals surface area contributed by atoms with Gasteiger partial charge in [0.25, 0.3) is 5.91 Å². The number of nitrogen functional groups attached to an aromatic ring is 1. The average molecular weight is 269 g/mol. The maximum Gasteiger partial charge on any atom is 0.252 e. The number of anilines is 1. The Hall–Kier alpha value is -1.63. The topological polar surface area (TPSA) is 102 Å². The smallest absolute Gasteiger partial charge is 0.252 e. The molecule has 1 unspecified atom stereocenters. The van der Waals surface area contributed by atoms with Gasteiger partial charge in [0.15, 0.2) is 9.84 Å². The Bertz CT molecular complexity index is 539. The van der Waals surface area contributed by atoms with Crippen LogP contribution in [0.1, 0.15) is 16.8 Å². The molecule has 1 aromatic rings. The number of rotatable bonds is 3. The van der Waals surface area contributed by atoms with Crippen molar-refractivity contribution < 1.29 is 13.2 Å². The van der Waals surface area contributed by atoms with Crippen LogP contribution in [0.15, 0.2) is 18.3 Å². The van der Waals surface area contributed by atoms with Crippen molar-refractivity contribution in [1.29, 1.82) is 0 Å². The van der Waals surface area contributed by atoms with Crippen LogP contribution in [0.4, 0.5) is 5.82 Å². The lowest BCUT2D eigenvalue weighted by Crippen LogP contribution is -2.29. The molecule has 0 radical (unpaired) electrons. The number of hydrogen-bond donors (Lipinski definition) is 2. The SMILES string of the molecule is Nc1ccc(C(=O)NCC2CCS(=O)(=O)C2)cn1. The highest BCUT2D eigenvalue weighted by atomic mass is 32.2. The van der Waals surface area contributed by atoms with Crippen LogP contribution >= 0.6 is 0 Å². The molecule has 2 rings (SSSR count). The fourth-order valence-corrected chi connectivity index (χ4v) is 3.77. The minimum atomic E-state index is -2.89. The molecule has 7 heteroatoms. The summed E-state index contributed by atoms with van der Waals surface area (Å²) in [6.07, 6.45) is 2.01. The lowest BCUT2D eigenvalue weighted by atomic mass is 10.1. The lowest BCUT2D eigenvalue weighted by Gasteiger charge is -2.09. The molecular weight excluding hydrogens is 254 g/mol. The standard InChI is InChI=1S/C11H15N3O3S/c12-10-2-1-9(6-13-10)11(15)14-5-8-3-4-18(16,17)7-8/h1-2,6,8H,3-5,7H2,(H2,12,13)(H,14,15). The van der Waals surface area contributed by atoms with E-state index in [2.05, 4.69) is 10.3 Å². The first-order valence-corrected chi connectivity index (χ1v) is 7.48. The van der Waals surface area contributed by atoms with Crippen molar-refractivity contribution in [2.75, 3.05) is 23.8 Å². The number of nitrogens with two attached hydrogens (primary N) is 1. The molecule has 98 valence electrons. The number of pyridine rings is 1. The molecule has 0 bridgehead atoms. The van der Waals surface area contributed by atoms with Crippen LogP contribution in [-0.4, -0.2) is 37.4 Å². The Labute approximate surface area is 106 Å². The van der Waals surface area contributed by atoms with E-state index < -0.39 is 9.84 Å². The monoisotopic (exact) mass is 269 g/mol. The van der Waals surface area contributed by atoms with E-state index in [1.165, 1.54) is 6.20 Å². The van der Waals surface area contributed by atoms with Gasteiger partial charge in [-0.3, -0.25) is 4.79 Å². The predicted molar refractivity (Wildman–Crippen MR) is 67.7 cm³/mol. The second-order valence-electron chi connectivity index (χ2n) is 4.45. The van der Waals surface area contributed by atoms with E-state index in [4.69, 9.17) is 5.73 Å². The average Bonchev–Trinajstić information content (AvgIpc) is 2.67. The molecule has 1 aliphatic heterocycles. The van der Waals surface area contributed by atoms with Gasteiger partial charge in [0.05, 0.1) is 17.1 Å². The summed E-state index contributed by atoms with van der Waals surface area (Å²) in [5, 5.41) is 2.71. The Kier molecular flexibility index (Phi) is 3.51. The number of carbonyl (C=O) groups is 1. The quantitative estimate of drug-likeness (QED) is 0.793. The molecular formula is C11H15N3O3S. The zero-order valence-electron chi connectivity index (χ0n) is 9.80. The third-order valence-electron chi connectivity index (χ3n) is 2.93. The van der Waals surface area contributed by atoms with Crippen LogP contribution in [0.2, 0.25) is 0 Å². The maximum atomic E-state index is 11.7. The van der Waals surface area contributed by atoms with Crippen molar-refractivity contribution in [3.63, 3.8) is 0 Å². The van der Waals surface area contributed by atoms with E-state index in [0.717, 1.165) is 0 Å². The predicted octanol–water partition coefficient (Wildman–Crippen LogP) is -0.172. The largest absolute Gasteiger partial charge is 0.384 e.